The molecular formula is C14H17NO6. The zero-order valence-corrected chi connectivity index (χ0v) is 12.0. The number of fused-ring (bicyclic) bond motifs is 1. The molecule has 1 heterocycles. The van der Waals surface area contributed by atoms with E-state index in [1.807, 2.05) is 0 Å². The van der Waals surface area contributed by atoms with Crippen molar-refractivity contribution in [1.29, 1.82) is 0 Å². The minimum absolute atomic E-state index is 0.0933. The Morgan fingerprint density at radius 1 is 1.29 bits per heavy atom. The van der Waals surface area contributed by atoms with Crippen molar-refractivity contribution >= 4 is 12.1 Å². The monoisotopic (exact) mass is 295 g/mol. The van der Waals surface area contributed by atoms with Gasteiger partial charge in [0.15, 0.2) is 17.5 Å². The van der Waals surface area contributed by atoms with Gasteiger partial charge in [-0.15, -0.1) is 0 Å². The van der Waals surface area contributed by atoms with Gasteiger partial charge in [0.2, 0.25) is 6.79 Å². The number of nitrogens with one attached hydrogen (secondary N) is 1. The van der Waals surface area contributed by atoms with Crippen molar-refractivity contribution in [2.75, 3.05) is 6.79 Å². The fraction of sp³-hybridized carbons (Fsp3) is 0.429. The number of rotatable bonds is 3. The smallest absolute Gasteiger partial charge is 0.408 e. The molecule has 1 aliphatic rings. The van der Waals surface area contributed by atoms with Gasteiger partial charge in [0.25, 0.3) is 0 Å². The van der Waals surface area contributed by atoms with E-state index in [2.05, 4.69) is 5.32 Å². The van der Waals surface area contributed by atoms with Crippen molar-refractivity contribution in [3.05, 3.63) is 23.8 Å². The maximum absolute atomic E-state index is 11.7. The van der Waals surface area contributed by atoms with E-state index in [0.717, 1.165) is 0 Å². The molecule has 0 unspecified atom stereocenters. The van der Waals surface area contributed by atoms with E-state index < -0.39 is 23.7 Å². The van der Waals surface area contributed by atoms with Crippen LogP contribution in [0.25, 0.3) is 0 Å². The molecule has 0 aromatic heterocycles. The summed E-state index contributed by atoms with van der Waals surface area (Å²) in [5.41, 5.74) is -0.334. The van der Waals surface area contributed by atoms with E-state index in [0.29, 0.717) is 17.1 Å². The number of ether oxygens (including phenoxy) is 3. The van der Waals surface area contributed by atoms with Gasteiger partial charge in [0.05, 0.1) is 0 Å². The molecule has 7 heteroatoms. The number of carboxylic acid groups (broad SMARTS) is 1. The van der Waals surface area contributed by atoms with Gasteiger partial charge in [-0.05, 0) is 38.5 Å². The highest BCUT2D eigenvalue weighted by atomic mass is 16.7. The summed E-state index contributed by atoms with van der Waals surface area (Å²) in [6.07, 6.45) is -0.799. The average Bonchev–Trinajstić information content (AvgIpc) is 2.80. The van der Waals surface area contributed by atoms with Crippen LogP contribution in [0.1, 0.15) is 32.4 Å². The molecule has 1 aliphatic heterocycles. The number of alkyl carbamates (subject to hydrolysis) is 1. The van der Waals surface area contributed by atoms with Crippen LogP contribution in [-0.2, 0) is 9.53 Å². The predicted molar refractivity (Wildman–Crippen MR) is 72.3 cm³/mol. The second-order valence-corrected chi connectivity index (χ2v) is 5.53. The first-order valence-electron chi connectivity index (χ1n) is 6.38. The number of carbonyl (C=O) groups excluding carboxylic acids is 1. The number of carbonyl (C=O) groups is 2. The molecule has 0 radical (unpaired) electrons. The van der Waals surface area contributed by atoms with Crippen LogP contribution in [0.15, 0.2) is 18.2 Å². The van der Waals surface area contributed by atoms with E-state index >= 15 is 0 Å². The van der Waals surface area contributed by atoms with Crippen LogP contribution in [0.4, 0.5) is 4.79 Å². The van der Waals surface area contributed by atoms with Gasteiger partial charge < -0.3 is 24.6 Å². The van der Waals surface area contributed by atoms with Crippen LogP contribution < -0.4 is 14.8 Å². The molecule has 21 heavy (non-hydrogen) atoms. The Balaban J connectivity index is 2.16. The fourth-order valence-corrected chi connectivity index (χ4v) is 1.81. The maximum atomic E-state index is 11.7. The van der Waals surface area contributed by atoms with Crippen LogP contribution in [0.5, 0.6) is 11.5 Å². The second-order valence-electron chi connectivity index (χ2n) is 5.53. The van der Waals surface area contributed by atoms with Crippen molar-refractivity contribution in [2.24, 2.45) is 0 Å². The standard InChI is InChI=1S/C14H17NO6/c1-14(2,3)21-13(18)15-11(12(16)17)8-4-5-9-10(6-8)20-7-19-9/h4-6,11H,7H2,1-3H3,(H,15,18)(H,16,17)/t11-/m0/s1. The minimum atomic E-state index is -1.23. The SMILES string of the molecule is CC(C)(C)OC(=O)N[C@H](C(=O)O)c1ccc2c(c1)OCO2. The predicted octanol–water partition coefficient (Wildman–Crippen LogP) is 2.07. The molecule has 114 valence electrons. The Hall–Kier alpha value is -2.44. The zero-order chi connectivity index (χ0) is 15.6. The number of aliphatic carboxylic acids is 1. The number of benzene rings is 1. The normalized spacial score (nSPS) is 14.4. The summed E-state index contributed by atoms with van der Waals surface area (Å²) in [7, 11) is 0. The first-order valence-corrected chi connectivity index (χ1v) is 6.38. The molecule has 1 aromatic carbocycles. The Labute approximate surface area is 121 Å². The van der Waals surface area contributed by atoms with E-state index in [4.69, 9.17) is 14.2 Å². The van der Waals surface area contributed by atoms with Crippen molar-refractivity contribution in [2.45, 2.75) is 32.4 Å². The lowest BCUT2D eigenvalue weighted by atomic mass is 10.1. The van der Waals surface area contributed by atoms with Crippen molar-refractivity contribution < 1.29 is 28.9 Å². The largest absolute Gasteiger partial charge is 0.479 e. The highest BCUT2D eigenvalue weighted by Gasteiger charge is 2.27. The highest BCUT2D eigenvalue weighted by Crippen LogP contribution is 2.34. The summed E-state index contributed by atoms with van der Waals surface area (Å²) in [6.45, 7) is 5.19. The summed E-state index contributed by atoms with van der Waals surface area (Å²) >= 11 is 0. The lowest BCUT2D eigenvalue weighted by Crippen LogP contribution is -2.38. The van der Waals surface area contributed by atoms with Crippen molar-refractivity contribution in [3.8, 4) is 11.5 Å². The fourth-order valence-electron chi connectivity index (χ4n) is 1.81. The molecule has 0 saturated carbocycles. The van der Waals surface area contributed by atoms with E-state index in [1.165, 1.54) is 6.07 Å². The number of carboxylic acids is 1. The van der Waals surface area contributed by atoms with E-state index in [-0.39, 0.29) is 6.79 Å². The molecule has 1 amide bonds. The number of amides is 1. The summed E-state index contributed by atoms with van der Waals surface area (Å²) < 4.78 is 15.4. The molecule has 7 nitrogen and oxygen atoms in total. The number of hydrogen-bond acceptors (Lipinski definition) is 5. The molecule has 0 aliphatic carbocycles. The lowest BCUT2D eigenvalue weighted by Gasteiger charge is -2.22. The topological polar surface area (TPSA) is 94.1 Å². The van der Waals surface area contributed by atoms with E-state index in [1.54, 1.807) is 32.9 Å². The Morgan fingerprint density at radius 2 is 1.95 bits per heavy atom. The third-order valence-electron chi connectivity index (χ3n) is 2.64. The first-order chi connectivity index (χ1) is 9.76. The maximum Gasteiger partial charge on any atom is 0.408 e. The molecule has 2 N–H and O–H groups in total. The van der Waals surface area contributed by atoms with Gasteiger partial charge >= 0.3 is 12.1 Å². The van der Waals surface area contributed by atoms with Crippen LogP contribution in [-0.4, -0.2) is 29.6 Å². The third-order valence-corrected chi connectivity index (χ3v) is 2.64. The number of hydrogen-bond donors (Lipinski definition) is 2. The van der Waals surface area contributed by atoms with Crippen LogP contribution in [0.3, 0.4) is 0 Å². The van der Waals surface area contributed by atoms with Crippen molar-refractivity contribution in [1.82, 2.24) is 5.32 Å². The third kappa shape index (κ3) is 3.77. The minimum Gasteiger partial charge on any atom is -0.479 e. The van der Waals surface area contributed by atoms with Gasteiger partial charge in [-0.25, -0.2) is 9.59 Å². The van der Waals surface area contributed by atoms with Gasteiger partial charge in [0, 0.05) is 0 Å². The van der Waals surface area contributed by atoms with Gasteiger partial charge in [-0.3, -0.25) is 0 Å². The van der Waals surface area contributed by atoms with Gasteiger partial charge in [0.1, 0.15) is 5.60 Å². The summed E-state index contributed by atoms with van der Waals surface area (Å²) in [4.78, 5) is 23.1. The van der Waals surface area contributed by atoms with Crippen LogP contribution in [0, 0.1) is 0 Å². The van der Waals surface area contributed by atoms with Crippen molar-refractivity contribution in [3.63, 3.8) is 0 Å². The van der Waals surface area contributed by atoms with Crippen LogP contribution >= 0.6 is 0 Å². The molecule has 1 aromatic rings. The first kappa shape index (κ1) is 15.0. The average molecular weight is 295 g/mol. The molecule has 0 saturated heterocycles. The van der Waals surface area contributed by atoms with Crippen LogP contribution in [0.2, 0.25) is 0 Å². The highest BCUT2D eigenvalue weighted by molar-refractivity contribution is 5.81. The molecule has 0 bridgehead atoms. The molecule has 0 fully saturated rings. The Bertz CT molecular complexity index is 563. The molecule has 1 atom stereocenters. The van der Waals surface area contributed by atoms with Gasteiger partial charge in [-0.2, -0.15) is 0 Å². The molecule has 2 rings (SSSR count). The van der Waals surface area contributed by atoms with Gasteiger partial charge in [-0.1, -0.05) is 6.07 Å². The quantitative estimate of drug-likeness (QED) is 0.886. The molecular weight excluding hydrogens is 278 g/mol. The summed E-state index contributed by atoms with van der Waals surface area (Å²) in [5, 5.41) is 11.6. The summed E-state index contributed by atoms with van der Waals surface area (Å²) in [5.74, 6) is -0.204. The summed E-state index contributed by atoms with van der Waals surface area (Å²) in [6, 6.07) is 3.46. The Kier molecular flexibility index (Phi) is 3.93. The Morgan fingerprint density at radius 3 is 2.57 bits per heavy atom. The second kappa shape index (κ2) is 5.51. The van der Waals surface area contributed by atoms with E-state index in [9.17, 15) is 14.7 Å². The zero-order valence-electron chi connectivity index (χ0n) is 12.0. The lowest BCUT2D eigenvalue weighted by molar-refractivity contribution is -0.139. The molecule has 0 spiro atoms.